The molecule has 208 valence electrons. The fourth-order valence-electron chi connectivity index (χ4n) is 4.25. The van der Waals surface area contributed by atoms with E-state index >= 15 is 0 Å². The van der Waals surface area contributed by atoms with Gasteiger partial charge in [-0.15, -0.1) is 0 Å². The molecule has 40 heavy (non-hydrogen) atoms. The molecule has 5 rings (SSSR count). The van der Waals surface area contributed by atoms with Crippen molar-refractivity contribution in [2.24, 2.45) is 0 Å². The van der Waals surface area contributed by atoms with Crippen molar-refractivity contribution in [1.29, 1.82) is 0 Å². The highest BCUT2D eigenvalue weighted by atomic mass is 32.2. The molecule has 1 aromatic heterocycles. The molecule has 0 atom stereocenters. The Morgan fingerprint density at radius 3 is 2.48 bits per heavy atom. The Morgan fingerprint density at radius 2 is 1.80 bits per heavy atom. The maximum absolute atomic E-state index is 13.5. The molecule has 2 heterocycles. The lowest BCUT2D eigenvalue weighted by atomic mass is 10.0. The summed E-state index contributed by atoms with van der Waals surface area (Å²) in [5, 5.41) is 13.0. The van der Waals surface area contributed by atoms with Crippen molar-refractivity contribution in [2.45, 2.75) is 26.2 Å². The minimum absolute atomic E-state index is 0.00448. The van der Waals surface area contributed by atoms with Gasteiger partial charge in [-0.3, -0.25) is 0 Å². The second-order valence-corrected chi connectivity index (χ2v) is 11.9. The molecule has 3 aromatic carbocycles. The Kier molecular flexibility index (Phi) is 6.66. The molecule has 2 N–H and O–H groups in total. The number of furan rings is 1. The molecule has 0 unspecified atom stereocenters. The first-order valence-electron chi connectivity index (χ1n) is 12.0. The van der Waals surface area contributed by atoms with Gasteiger partial charge in [-0.05, 0) is 48.0 Å². The molecule has 1 aliphatic heterocycles. The van der Waals surface area contributed by atoms with Gasteiger partial charge in [0.25, 0.3) is 0 Å². The number of ether oxygens (including phenoxy) is 3. The number of rotatable bonds is 8. The smallest absolute Gasteiger partial charge is 0.345 e. The highest BCUT2D eigenvalue weighted by Crippen LogP contribution is 2.40. The molecule has 0 radical (unpaired) electrons. The van der Waals surface area contributed by atoms with Crippen LogP contribution in [0.2, 0.25) is 0 Å². The van der Waals surface area contributed by atoms with E-state index in [4.69, 9.17) is 18.6 Å². The fraction of sp³-hybridized carbons (Fsp3) is 0.214. The van der Waals surface area contributed by atoms with Crippen LogP contribution in [0.15, 0.2) is 59.0 Å². The van der Waals surface area contributed by atoms with Gasteiger partial charge in [0.15, 0.2) is 9.84 Å². The minimum Gasteiger partial charge on any atom is -0.487 e. The highest BCUT2D eigenvalue weighted by molar-refractivity contribution is 7.90. The van der Waals surface area contributed by atoms with Crippen molar-refractivity contribution in [3.63, 3.8) is 0 Å². The second-order valence-electron chi connectivity index (χ2n) is 9.72. The average molecular weight is 570 g/mol. The number of hydrogen-bond donors (Lipinski definition) is 2. The molecule has 1 aliphatic rings. The van der Waals surface area contributed by atoms with Crippen molar-refractivity contribution < 1.29 is 46.1 Å². The van der Waals surface area contributed by atoms with Crippen LogP contribution < -0.4 is 14.8 Å². The van der Waals surface area contributed by atoms with Crippen LogP contribution in [0.4, 0.5) is 10.1 Å². The Morgan fingerprint density at radius 1 is 1.07 bits per heavy atom. The largest absolute Gasteiger partial charge is 0.487 e. The number of carbonyl (C=O) groups excluding carboxylic acids is 1. The van der Waals surface area contributed by atoms with E-state index in [9.17, 15) is 27.5 Å². The van der Waals surface area contributed by atoms with Crippen molar-refractivity contribution >= 4 is 38.4 Å². The van der Waals surface area contributed by atoms with E-state index in [0.717, 1.165) is 6.26 Å². The molecule has 4 aromatic rings. The van der Waals surface area contributed by atoms with Gasteiger partial charge in [-0.25, -0.2) is 22.4 Å². The van der Waals surface area contributed by atoms with Gasteiger partial charge in [-0.1, -0.05) is 6.07 Å². The van der Waals surface area contributed by atoms with E-state index in [1.165, 1.54) is 36.4 Å². The Balaban J connectivity index is 1.54. The van der Waals surface area contributed by atoms with Crippen LogP contribution in [-0.4, -0.2) is 43.4 Å². The zero-order valence-electron chi connectivity index (χ0n) is 21.6. The van der Waals surface area contributed by atoms with E-state index in [1.807, 2.05) is 0 Å². The number of esters is 1. The first-order valence-corrected chi connectivity index (χ1v) is 14.1. The molecular formula is C28H24FNO9S. The van der Waals surface area contributed by atoms with Crippen LogP contribution >= 0.6 is 0 Å². The molecule has 0 aliphatic carbocycles. The summed E-state index contributed by atoms with van der Waals surface area (Å²) in [5.74, 6) is -3.35. The number of carboxylic acid groups (broad SMARTS) is 1. The van der Waals surface area contributed by atoms with Crippen molar-refractivity contribution in [1.82, 2.24) is 0 Å². The summed E-state index contributed by atoms with van der Waals surface area (Å²) in [6, 6.07) is 12.9. The van der Waals surface area contributed by atoms with Gasteiger partial charge in [-0.2, -0.15) is 0 Å². The normalized spacial score (nSPS) is 14.2. The molecule has 12 heteroatoms. The summed E-state index contributed by atoms with van der Waals surface area (Å²) in [7, 11) is -3.44. The summed E-state index contributed by atoms with van der Waals surface area (Å²) in [5.41, 5.74) is 1.35. The summed E-state index contributed by atoms with van der Waals surface area (Å²) >= 11 is 0. The molecule has 10 nitrogen and oxygen atoms in total. The second kappa shape index (κ2) is 9.87. The number of aromatic carboxylic acids is 1. The zero-order valence-corrected chi connectivity index (χ0v) is 22.4. The lowest BCUT2D eigenvalue weighted by Gasteiger charge is -2.31. The van der Waals surface area contributed by atoms with Crippen LogP contribution in [0, 0.1) is 5.82 Å². The SMILES string of the molecule is CC1(C)OC(=O)c2cc(COc3cc4c(C(=O)O)c(-c5ccc(F)cc5)oc4cc3NCS(C)(=O)=O)ccc2O1. The maximum atomic E-state index is 13.5. The van der Waals surface area contributed by atoms with Crippen LogP contribution in [0.25, 0.3) is 22.3 Å². The summed E-state index contributed by atoms with van der Waals surface area (Å²) < 4.78 is 60.0. The number of anilines is 1. The number of fused-ring (bicyclic) bond motifs is 2. The lowest BCUT2D eigenvalue weighted by Crippen LogP contribution is -2.38. The van der Waals surface area contributed by atoms with Crippen molar-refractivity contribution in [3.8, 4) is 22.8 Å². The van der Waals surface area contributed by atoms with E-state index < -0.39 is 39.3 Å². The van der Waals surface area contributed by atoms with Crippen LogP contribution in [-0.2, 0) is 21.2 Å². The summed E-state index contributed by atoms with van der Waals surface area (Å²) in [6.07, 6.45) is 1.05. The van der Waals surface area contributed by atoms with Gasteiger partial charge in [0.2, 0.25) is 5.79 Å². The molecule has 0 spiro atoms. The van der Waals surface area contributed by atoms with Gasteiger partial charge < -0.3 is 29.1 Å². The predicted molar refractivity (Wildman–Crippen MR) is 143 cm³/mol. The Labute approximate surface area is 228 Å². The van der Waals surface area contributed by atoms with Crippen LogP contribution in [0.1, 0.15) is 40.1 Å². The number of halogens is 1. The van der Waals surface area contributed by atoms with E-state index in [0.29, 0.717) is 16.9 Å². The molecule has 0 saturated carbocycles. The maximum Gasteiger partial charge on any atom is 0.345 e. The average Bonchev–Trinajstić information content (AvgIpc) is 3.24. The summed E-state index contributed by atoms with van der Waals surface area (Å²) in [6.45, 7) is 3.18. The fourth-order valence-corrected chi connectivity index (χ4v) is 4.66. The summed E-state index contributed by atoms with van der Waals surface area (Å²) in [4.78, 5) is 24.7. The number of sulfone groups is 1. The molecule has 0 saturated heterocycles. The standard InChI is InChI=1S/C28H24FNO9S/c1-28(2)38-21-9-4-15(10-19(21)27(33)39-28)13-36-23-11-18-22(12-20(23)30-14-40(3,34)35)37-25(24(18)26(31)32)16-5-7-17(29)8-6-16/h4-12,30H,13-14H2,1-3H3,(H,31,32). The van der Waals surface area contributed by atoms with Crippen molar-refractivity contribution in [3.05, 3.63) is 77.1 Å². The first kappa shape index (κ1) is 27.0. The lowest BCUT2D eigenvalue weighted by molar-refractivity contribution is -0.127. The van der Waals surface area contributed by atoms with E-state index in [-0.39, 0.29) is 45.9 Å². The van der Waals surface area contributed by atoms with Gasteiger partial charge in [0, 0.05) is 37.1 Å². The number of carboxylic acids is 1. The third kappa shape index (κ3) is 5.57. The number of hydrogen-bond acceptors (Lipinski definition) is 9. The highest BCUT2D eigenvalue weighted by Gasteiger charge is 2.34. The van der Waals surface area contributed by atoms with E-state index in [1.54, 1.807) is 32.0 Å². The number of cyclic esters (lactones) is 1. The number of nitrogens with one attached hydrogen (secondary N) is 1. The van der Waals surface area contributed by atoms with E-state index in [2.05, 4.69) is 5.32 Å². The van der Waals surface area contributed by atoms with Crippen LogP contribution in [0.3, 0.4) is 0 Å². The van der Waals surface area contributed by atoms with Crippen LogP contribution in [0.5, 0.6) is 11.5 Å². The topological polar surface area (TPSA) is 141 Å². The zero-order chi connectivity index (χ0) is 28.8. The predicted octanol–water partition coefficient (Wildman–Crippen LogP) is 5.22. The van der Waals surface area contributed by atoms with Gasteiger partial charge >= 0.3 is 11.9 Å². The van der Waals surface area contributed by atoms with Crippen molar-refractivity contribution in [2.75, 3.05) is 17.4 Å². The molecule has 0 bridgehead atoms. The molecule has 0 fully saturated rings. The Bertz CT molecular complexity index is 1760. The Hall–Kier alpha value is -4.58. The first-order chi connectivity index (χ1) is 18.8. The third-order valence-electron chi connectivity index (χ3n) is 5.99. The quantitative estimate of drug-likeness (QED) is 0.271. The third-order valence-corrected chi connectivity index (χ3v) is 6.66. The number of carbonyl (C=O) groups is 2. The monoisotopic (exact) mass is 569 g/mol. The minimum atomic E-state index is -3.44. The molecule has 0 amide bonds. The van der Waals surface area contributed by atoms with Gasteiger partial charge in [0.05, 0.1) is 5.69 Å². The van der Waals surface area contributed by atoms with Gasteiger partial charge in [0.1, 0.15) is 52.3 Å². The number of benzene rings is 3. The molecular weight excluding hydrogens is 545 g/mol.